The van der Waals surface area contributed by atoms with Crippen molar-refractivity contribution in [3.8, 4) is 0 Å². The lowest BCUT2D eigenvalue weighted by atomic mass is 9.89. The van der Waals surface area contributed by atoms with E-state index in [0.29, 0.717) is 6.04 Å². The summed E-state index contributed by atoms with van der Waals surface area (Å²) in [5, 5.41) is 3.85. The second-order valence-corrected chi connectivity index (χ2v) is 6.57. The van der Waals surface area contributed by atoms with Crippen LogP contribution >= 0.6 is 11.8 Å². The molecule has 0 aromatic rings. The van der Waals surface area contributed by atoms with E-state index < -0.39 is 0 Å². The van der Waals surface area contributed by atoms with E-state index in [1.165, 1.54) is 37.2 Å². The highest BCUT2D eigenvalue weighted by atomic mass is 32.2. The lowest BCUT2D eigenvalue weighted by molar-refractivity contribution is -0.0789. The minimum absolute atomic E-state index is 0.123. The molecule has 2 rings (SSSR count). The van der Waals surface area contributed by atoms with Crippen LogP contribution in [0.2, 0.25) is 0 Å². The molecular formula is C13H25NOS. The topological polar surface area (TPSA) is 21.3 Å². The Hall–Kier alpha value is 0.270. The van der Waals surface area contributed by atoms with Crippen LogP contribution in [0.3, 0.4) is 0 Å². The van der Waals surface area contributed by atoms with Crippen molar-refractivity contribution >= 4 is 11.8 Å². The van der Waals surface area contributed by atoms with Crippen LogP contribution in [0.5, 0.6) is 0 Å². The first-order chi connectivity index (χ1) is 7.72. The van der Waals surface area contributed by atoms with Gasteiger partial charge >= 0.3 is 0 Å². The van der Waals surface area contributed by atoms with Gasteiger partial charge in [-0.1, -0.05) is 6.92 Å². The Labute approximate surface area is 104 Å². The summed E-state index contributed by atoms with van der Waals surface area (Å²) in [5.41, 5.74) is 0.123. The quantitative estimate of drug-likeness (QED) is 0.823. The summed E-state index contributed by atoms with van der Waals surface area (Å²) in [4.78, 5) is 0. The molecule has 2 aliphatic heterocycles. The summed E-state index contributed by atoms with van der Waals surface area (Å²) in [5.74, 6) is 2.67. The van der Waals surface area contributed by atoms with Crippen molar-refractivity contribution in [3.63, 3.8) is 0 Å². The predicted molar refractivity (Wildman–Crippen MR) is 71.2 cm³/mol. The van der Waals surface area contributed by atoms with Gasteiger partial charge < -0.3 is 10.1 Å². The van der Waals surface area contributed by atoms with Gasteiger partial charge in [-0.25, -0.2) is 0 Å². The molecule has 2 nitrogen and oxygen atoms in total. The molecular weight excluding hydrogens is 218 g/mol. The fourth-order valence-electron chi connectivity index (χ4n) is 2.72. The zero-order valence-corrected chi connectivity index (χ0v) is 11.4. The predicted octanol–water partition coefficient (Wildman–Crippen LogP) is 2.82. The molecule has 0 bridgehead atoms. The molecule has 16 heavy (non-hydrogen) atoms. The smallest absolute Gasteiger partial charge is 0.0666 e. The van der Waals surface area contributed by atoms with Gasteiger partial charge in [-0.15, -0.1) is 0 Å². The van der Waals surface area contributed by atoms with E-state index in [9.17, 15) is 0 Å². The molecule has 0 radical (unpaired) electrons. The molecule has 0 amide bonds. The van der Waals surface area contributed by atoms with Crippen LogP contribution in [0.15, 0.2) is 0 Å². The highest BCUT2D eigenvalue weighted by Crippen LogP contribution is 2.28. The zero-order chi connectivity index (χ0) is 11.4. The number of nitrogens with one attached hydrogen (secondary N) is 1. The summed E-state index contributed by atoms with van der Waals surface area (Å²) in [6.45, 7) is 5.43. The van der Waals surface area contributed by atoms with Gasteiger partial charge in [-0.05, 0) is 44.8 Å². The summed E-state index contributed by atoms with van der Waals surface area (Å²) in [7, 11) is 0. The van der Waals surface area contributed by atoms with Gasteiger partial charge in [0.15, 0.2) is 0 Å². The minimum Gasteiger partial charge on any atom is -0.375 e. The van der Waals surface area contributed by atoms with Crippen molar-refractivity contribution in [1.29, 1.82) is 0 Å². The highest BCUT2D eigenvalue weighted by molar-refractivity contribution is 7.99. The van der Waals surface area contributed by atoms with Crippen molar-refractivity contribution in [3.05, 3.63) is 0 Å². The maximum Gasteiger partial charge on any atom is 0.0666 e. The van der Waals surface area contributed by atoms with Crippen LogP contribution in [-0.2, 0) is 4.74 Å². The molecule has 2 aliphatic rings. The monoisotopic (exact) mass is 243 g/mol. The summed E-state index contributed by atoms with van der Waals surface area (Å²) < 4.78 is 5.89. The minimum atomic E-state index is 0.123. The van der Waals surface area contributed by atoms with Crippen molar-refractivity contribution in [2.75, 3.05) is 18.1 Å². The van der Waals surface area contributed by atoms with Gasteiger partial charge in [0.25, 0.3) is 0 Å². The van der Waals surface area contributed by atoms with Crippen molar-refractivity contribution in [2.24, 2.45) is 0 Å². The van der Waals surface area contributed by atoms with E-state index >= 15 is 0 Å². The third-order valence-corrected chi connectivity index (χ3v) is 5.19. The number of rotatable bonds is 3. The first kappa shape index (κ1) is 12.7. The Balaban J connectivity index is 1.80. The van der Waals surface area contributed by atoms with Gasteiger partial charge in [-0.2, -0.15) is 11.8 Å². The van der Waals surface area contributed by atoms with Gasteiger partial charge in [-0.3, -0.25) is 0 Å². The number of hydrogen-bond acceptors (Lipinski definition) is 3. The molecule has 0 aromatic carbocycles. The molecule has 0 saturated carbocycles. The highest BCUT2D eigenvalue weighted by Gasteiger charge is 2.32. The molecule has 2 fully saturated rings. The molecule has 0 aromatic heterocycles. The first-order valence-corrected chi connectivity index (χ1v) is 7.85. The van der Waals surface area contributed by atoms with E-state index in [4.69, 9.17) is 4.74 Å². The van der Waals surface area contributed by atoms with E-state index in [-0.39, 0.29) is 5.60 Å². The maximum absolute atomic E-state index is 5.89. The molecule has 1 N–H and O–H groups in total. The summed E-state index contributed by atoms with van der Waals surface area (Å²) in [6, 6.07) is 1.44. The molecule has 2 heterocycles. The zero-order valence-electron chi connectivity index (χ0n) is 10.6. The fourth-order valence-corrected chi connectivity index (χ4v) is 3.81. The largest absolute Gasteiger partial charge is 0.375 e. The standard InChI is InChI=1S/C13H25NOS/c1-3-13(2)9-11(6-7-15-13)14-12-5-4-8-16-10-12/h11-12,14H,3-10H2,1-2H3. The summed E-state index contributed by atoms with van der Waals surface area (Å²) >= 11 is 2.10. The second kappa shape index (κ2) is 5.74. The van der Waals surface area contributed by atoms with E-state index in [2.05, 4.69) is 30.9 Å². The van der Waals surface area contributed by atoms with Crippen LogP contribution in [0.4, 0.5) is 0 Å². The van der Waals surface area contributed by atoms with Gasteiger partial charge in [0.1, 0.15) is 0 Å². The van der Waals surface area contributed by atoms with Crippen LogP contribution in [0.25, 0.3) is 0 Å². The van der Waals surface area contributed by atoms with Gasteiger partial charge in [0.2, 0.25) is 0 Å². The third kappa shape index (κ3) is 3.38. The van der Waals surface area contributed by atoms with Crippen molar-refractivity contribution in [1.82, 2.24) is 5.32 Å². The second-order valence-electron chi connectivity index (χ2n) is 5.42. The molecule has 3 unspecified atom stereocenters. The lowest BCUT2D eigenvalue weighted by Gasteiger charge is -2.40. The average Bonchev–Trinajstić information content (AvgIpc) is 2.30. The maximum atomic E-state index is 5.89. The Kier molecular flexibility index (Phi) is 4.57. The third-order valence-electron chi connectivity index (χ3n) is 3.97. The van der Waals surface area contributed by atoms with Crippen molar-refractivity contribution in [2.45, 2.75) is 63.6 Å². The van der Waals surface area contributed by atoms with Gasteiger partial charge in [0, 0.05) is 24.4 Å². The Morgan fingerprint density at radius 1 is 1.38 bits per heavy atom. The van der Waals surface area contributed by atoms with Crippen LogP contribution in [-0.4, -0.2) is 35.8 Å². The number of ether oxygens (including phenoxy) is 1. The van der Waals surface area contributed by atoms with Crippen LogP contribution in [0, 0.1) is 0 Å². The van der Waals surface area contributed by atoms with E-state index in [1.54, 1.807) is 0 Å². The molecule has 3 atom stereocenters. The number of hydrogen-bond donors (Lipinski definition) is 1. The van der Waals surface area contributed by atoms with E-state index in [0.717, 1.165) is 19.1 Å². The van der Waals surface area contributed by atoms with Crippen LogP contribution in [0.1, 0.15) is 46.0 Å². The fraction of sp³-hybridized carbons (Fsp3) is 1.00. The first-order valence-electron chi connectivity index (χ1n) is 6.69. The molecule has 94 valence electrons. The summed E-state index contributed by atoms with van der Waals surface area (Å²) in [6.07, 6.45) is 6.26. The molecule has 2 saturated heterocycles. The number of thioether (sulfide) groups is 1. The van der Waals surface area contributed by atoms with Gasteiger partial charge in [0.05, 0.1) is 5.60 Å². The lowest BCUT2D eigenvalue weighted by Crippen LogP contribution is -2.49. The molecule has 0 spiro atoms. The SMILES string of the molecule is CCC1(C)CC(NC2CCCSC2)CCO1. The van der Waals surface area contributed by atoms with Crippen LogP contribution < -0.4 is 5.32 Å². The average molecular weight is 243 g/mol. The molecule has 0 aliphatic carbocycles. The Morgan fingerprint density at radius 3 is 2.94 bits per heavy atom. The Morgan fingerprint density at radius 2 is 2.25 bits per heavy atom. The van der Waals surface area contributed by atoms with E-state index in [1.807, 2.05) is 0 Å². The normalized spacial score (nSPS) is 40.9. The molecule has 3 heteroatoms. The van der Waals surface area contributed by atoms with Crippen molar-refractivity contribution < 1.29 is 4.74 Å². The Bertz CT molecular complexity index is 218.